The Balaban J connectivity index is 1.71. The van der Waals surface area contributed by atoms with E-state index < -0.39 is 6.04 Å². The lowest BCUT2D eigenvalue weighted by atomic mass is 9.81. The summed E-state index contributed by atoms with van der Waals surface area (Å²) in [5, 5.41) is 15.7. The number of hydrogen-bond donors (Lipinski definition) is 3. The number of aromatic hydroxyl groups is 1. The van der Waals surface area contributed by atoms with Crippen LogP contribution in [-0.4, -0.2) is 48.0 Å². The number of aryl methyl sites for hydroxylation is 1. The lowest BCUT2D eigenvalue weighted by Gasteiger charge is -2.29. The summed E-state index contributed by atoms with van der Waals surface area (Å²) in [6.45, 7) is 6.19. The van der Waals surface area contributed by atoms with Gasteiger partial charge in [0.1, 0.15) is 18.4 Å². The molecule has 1 saturated heterocycles. The van der Waals surface area contributed by atoms with Crippen molar-refractivity contribution in [1.29, 1.82) is 0 Å². The third-order valence-corrected chi connectivity index (χ3v) is 6.82. The molecule has 1 heterocycles. The molecular formula is C24H34N2O5. The molecule has 0 radical (unpaired) electrons. The number of rotatable bonds is 8. The molecule has 2 fully saturated rings. The Labute approximate surface area is 183 Å². The maximum absolute atomic E-state index is 13.1. The molecule has 0 spiro atoms. The minimum atomic E-state index is -0.692. The van der Waals surface area contributed by atoms with Gasteiger partial charge in [-0.2, -0.15) is 0 Å². The number of carbonyl (C=O) groups is 3. The summed E-state index contributed by atoms with van der Waals surface area (Å²) in [6.07, 6.45) is 5.23. The fourth-order valence-corrected chi connectivity index (χ4v) is 4.70. The zero-order chi connectivity index (χ0) is 22.6. The fraction of sp³-hybridized carbons (Fsp3) is 0.625. The predicted octanol–water partition coefficient (Wildman–Crippen LogP) is 2.74. The van der Waals surface area contributed by atoms with Crippen molar-refractivity contribution in [3.63, 3.8) is 0 Å². The van der Waals surface area contributed by atoms with Gasteiger partial charge in [-0.3, -0.25) is 14.4 Å². The van der Waals surface area contributed by atoms with Gasteiger partial charge in [0.05, 0.1) is 12.0 Å². The van der Waals surface area contributed by atoms with Crippen molar-refractivity contribution in [2.75, 3.05) is 13.2 Å². The summed E-state index contributed by atoms with van der Waals surface area (Å²) >= 11 is 0. The number of nitrogens with one attached hydrogen (secondary N) is 2. The van der Waals surface area contributed by atoms with Crippen LogP contribution in [0.5, 0.6) is 5.75 Å². The average Bonchev–Trinajstić information content (AvgIpc) is 3.31. The smallest absolute Gasteiger partial charge is 0.251 e. The Morgan fingerprint density at radius 2 is 2.00 bits per heavy atom. The molecule has 1 aliphatic heterocycles. The van der Waals surface area contributed by atoms with Gasteiger partial charge < -0.3 is 20.5 Å². The topological polar surface area (TPSA) is 105 Å². The Hall–Kier alpha value is -2.41. The van der Waals surface area contributed by atoms with Crippen molar-refractivity contribution in [3.05, 3.63) is 29.3 Å². The molecule has 1 aromatic rings. The lowest BCUT2D eigenvalue weighted by Crippen LogP contribution is -2.50. The molecule has 0 bridgehead atoms. The van der Waals surface area contributed by atoms with E-state index in [1.54, 1.807) is 12.1 Å². The van der Waals surface area contributed by atoms with E-state index >= 15 is 0 Å². The van der Waals surface area contributed by atoms with Gasteiger partial charge in [0.15, 0.2) is 5.78 Å². The highest BCUT2D eigenvalue weighted by atomic mass is 16.5. The fourth-order valence-electron chi connectivity index (χ4n) is 4.70. The number of Topliss-reactive ketones (excluding diaryl/α,β-unsaturated/α-hetero) is 1. The number of hydrogen-bond acceptors (Lipinski definition) is 5. The monoisotopic (exact) mass is 430 g/mol. The summed E-state index contributed by atoms with van der Waals surface area (Å²) in [5.41, 5.74) is 1.10. The molecule has 1 aromatic carbocycles. The number of ketones is 1. The van der Waals surface area contributed by atoms with Gasteiger partial charge in [-0.15, -0.1) is 0 Å². The van der Waals surface area contributed by atoms with Crippen LogP contribution in [0.2, 0.25) is 0 Å². The molecule has 0 aromatic heterocycles. The van der Waals surface area contributed by atoms with Crippen LogP contribution in [0.4, 0.5) is 0 Å². The first-order valence-corrected chi connectivity index (χ1v) is 11.3. The van der Waals surface area contributed by atoms with Crippen LogP contribution >= 0.6 is 0 Å². The van der Waals surface area contributed by atoms with E-state index in [0.717, 1.165) is 25.7 Å². The van der Waals surface area contributed by atoms with Gasteiger partial charge in [0.25, 0.3) is 5.91 Å². The van der Waals surface area contributed by atoms with Gasteiger partial charge in [-0.05, 0) is 61.8 Å². The van der Waals surface area contributed by atoms with E-state index in [2.05, 4.69) is 17.6 Å². The largest absolute Gasteiger partial charge is 0.508 e. The summed E-state index contributed by atoms with van der Waals surface area (Å²) < 4.78 is 5.36. The van der Waals surface area contributed by atoms with Crippen molar-refractivity contribution in [2.24, 2.45) is 11.3 Å². The molecule has 170 valence electrons. The second-order valence-corrected chi connectivity index (χ2v) is 9.28. The predicted molar refractivity (Wildman–Crippen MR) is 117 cm³/mol. The van der Waals surface area contributed by atoms with Gasteiger partial charge in [-0.25, -0.2) is 0 Å². The average molecular weight is 431 g/mol. The standard InChI is InChI=1S/C24H34N2O5/c1-4-16-11-17(7-8-20(16)27)22(29)26-19(12-24(3)9-5-6-10-24)23(30)25-13-18-15(2)31-14-21(18)28/h7-8,11,15,18-19,27H,4-6,9-10,12-14H2,1-3H3,(H,25,30)(H,26,29)/t15-,18?,19-/m0/s1. The third kappa shape index (κ3) is 5.64. The van der Waals surface area contributed by atoms with Crippen molar-refractivity contribution >= 4 is 17.6 Å². The van der Waals surface area contributed by atoms with E-state index in [1.807, 2.05) is 13.8 Å². The van der Waals surface area contributed by atoms with E-state index in [1.165, 1.54) is 6.07 Å². The molecule has 7 nitrogen and oxygen atoms in total. The third-order valence-electron chi connectivity index (χ3n) is 6.82. The first-order valence-electron chi connectivity index (χ1n) is 11.3. The Bertz CT molecular complexity index is 831. The number of ether oxygens (including phenoxy) is 1. The first kappa shape index (κ1) is 23.3. The number of phenols is 1. The minimum Gasteiger partial charge on any atom is -0.508 e. The number of benzene rings is 1. The van der Waals surface area contributed by atoms with Gasteiger partial charge in [0, 0.05) is 12.1 Å². The molecule has 2 amide bonds. The highest BCUT2D eigenvalue weighted by Crippen LogP contribution is 2.41. The Morgan fingerprint density at radius 1 is 1.29 bits per heavy atom. The Kier molecular flexibility index (Phi) is 7.36. The summed E-state index contributed by atoms with van der Waals surface area (Å²) in [4.78, 5) is 38.0. The zero-order valence-electron chi connectivity index (χ0n) is 18.7. The second kappa shape index (κ2) is 9.81. The molecule has 1 saturated carbocycles. The molecule has 31 heavy (non-hydrogen) atoms. The summed E-state index contributed by atoms with van der Waals surface area (Å²) in [7, 11) is 0. The van der Waals surface area contributed by atoms with Gasteiger partial charge >= 0.3 is 0 Å². The van der Waals surface area contributed by atoms with Gasteiger partial charge in [-0.1, -0.05) is 26.7 Å². The summed E-state index contributed by atoms with van der Waals surface area (Å²) in [6, 6.07) is 4.04. The van der Waals surface area contributed by atoms with Crippen LogP contribution in [0.1, 0.15) is 68.8 Å². The highest BCUT2D eigenvalue weighted by molar-refractivity contribution is 5.98. The van der Waals surface area contributed by atoms with E-state index in [0.29, 0.717) is 24.0 Å². The summed E-state index contributed by atoms with van der Waals surface area (Å²) in [5.74, 6) is -0.823. The van der Waals surface area contributed by atoms with Crippen LogP contribution in [-0.2, 0) is 20.7 Å². The first-order chi connectivity index (χ1) is 14.7. The van der Waals surface area contributed by atoms with Crippen LogP contribution in [0.15, 0.2) is 18.2 Å². The molecule has 1 aliphatic carbocycles. The normalized spacial score (nSPS) is 23.5. The Morgan fingerprint density at radius 3 is 2.61 bits per heavy atom. The number of carbonyl (C=O) groups excluding carboxylic acids is 3. The lowest BCUT2D eigenvalue weighted by molar-refractivity contribution is -0.124. The van der Waals surface area contributed by atoms with Gasteiger partial charge in [0.2, 0.25) is 5.91 Å². The quantitative estimate of drug-likeness (QED) is 0.588. The van der Waals surface area contributed by atoms with Crippen molar-refractivity contribution < 1.29 is 24.2 Å². The molecule has 3 atom stereocenters. The SMILES string of the molecule is CCc1cc(C(=O)N[C@@H](CC2(C)CCCC2)C(=O)NCC2C(=O)CO[C@H]2C)ccc1O. The van der Waals surface area contributed by atoms with Crippen molar-refractivity contribution in [1.82, 2.24) is 10.6 Å². The zero-order valence-corrected chi connectivity index (χ0v) is 18.7. The maximum Gasteiger partial charge on any atom is 0.251 e. The van der Waals surface area contributed by atoms with E-state index in [9.17, 15) is 19.5 Å². The van der Waals surface area contributed by atoms with Crippen molar-refractivity contribution in [3.8, 4) is 5.75 Å². The van der Waals surface area contributed by atoms with Crippen LogP contribution in [0.3, 0.4) is 0 Å². The molecular weight excluding hydrogens is 396 g/mol. The number of amides is 2. The molecule has 3 rings (SSSR count). The number of phenolic OH excluding ortho intramolecular Hbond substituents is 1. The second-order valence-electron chi connectivity index (χ2n) is 9.28. The molecule has 2 aliphatic rings. The van der Waals surface area contributed by atoms with Crippen LogP contribution < -0.4 is 10.6 Å². The van der Waals surface area contributed by atoms with Crippen LogP contribution in [0.25, 0.3) is 0 Å². The molecule has 1 unspecified atom stereocenters. The molecule has 7 heteroatoms. The minimum absolute atomic E-state index is 0.00159. The van der Waals surface area contributed by atoms with E-state index in [4.69, 9.17) is 4.74 Å². The molecule has 3 N–H and O–H groups in total. The van der Waals surface area contributed by atoms with E-state index in [-0.39, 0.29) is 53.9 Å². The van der Waals surface area contributed by atoms with Crippen molar-refractivity contribution in [2.45, 2.75) is 71.4 Å². The highest BCUT2D eigenvalue weighted by Gasteiger charge is 2.37. The van der Waals surface area contributed by atoms with Crippen LogP contribution in [0, 0.1) is 11.3 Å². The maximum atomic E-state index is 13.1.